The van der Waals surface area contributed by atoms with Crippen LogP contribution in [0.25, 0.3) is 0 Å². The van der Waals surface area contributed by atoms with Gasteiger partial charge in [0, 0.05) is 18.7 Å². The molecule has 0 spiro atoms. The number of nitrogens with zero attached hydrogens (tertiary/aromatic N) is 1. The number of ether oxygens (including phenoxy) is 1. The number of benzene rings is 2. The van der Waals surface area contributed by atoms with E-state index in [0.717, 1.165) is 10.5 Å². The van der Waals surface area contributed by atoms with E-state index in [2.05, 4.69) is 5.32 Å². The first-order valence-corrected chi connectivity index (χ1v) is 9.39. The Morgan fingerprint density at radius 3 is 2.21 bits per heavy atom. The molecule has 0 fully saturated rings. The quantitative estimate of drug-likeness (QED) is 0.576. The van der Waals surface area contributed by atoms with Crippen LogP contribution in [0.3, 0.4) is 0 Å². The molecule has 29 heavy (non-hydrogen) atoms. The molecule has 0 aliphatic carbocycles. The van der Waals surface area contributed by atoms with Crippen LogP contribution in [-0.2, 0) is 14.3 Å². The maximum atomic E-state index is 12.3. The van der Waals surface area contributed by atoms with Crippen molar-refractivity contribution in [3.63, 3.8) is 0 Å². The highest BCUT2D eigenvalue weighted by atomic mass is 16.5. The number of imide groups is 1. The highest BCUT2D eigenvalue weighted by molar-refractivity contribution is 6.21. The number of hydrogen-bond donors (Lipinski definition) is 1. The average molecular weight is 394 g/mol. The lowest BCUT2D eigenvalue weighted by atomic mass is 10.1. The predicted octanol–water partition coefficient (Wildman–Crippen LogP) is 2.94. The van der Waals surface area contributed by atoms with Crippen molar-refractivity contribution < 1.29 is 23.9 Å². The molecule has 0 saturated heterocycles. The third-order valence-corrected chi connectivity index (χ3v) is 4.72. The molecule has 150 valence electrons. The fourth-order valence-electron chi connectivity index (χ4n) is 3.08. The van der Waals surface area contributed by atoms with E-state index in [0.29, 0.717) is 16.8 Å². The van der Waals surface area contributed by atoms with Gasteiger partial charge in [0.05, 0.1) is 11.1 Å². The molecule has 0 bridgehead atoms. The Labute approximate surface area is 168 Å². The van der Waals surface area contributed by atoms with E-state index in [1.807, 2.05) is 19.1 Å². The molecule has 1 atom stereocenters. The maximum Gasteiger partial charge on any atom is 0.306 e. The molecule has 3 amide bonds. The molecule has 0 saturated carbocycles. The number of amides is 3. The lowest BCUT2D eigenvalue weighted by molar-refractivity contribution is -0.153. The van der Waals surface area contributed by atoms with Crippen LogP contribution in [0.2, 0.25) is 0 Å². The van der Waals surface area contributed by atoms with Gasteiger partial charge in [-0.15, -0.1) is 0 Å². The number of anilines is 1. The number of fused-ring (bicyclic) bond motifs is 1. The van der Waals surface area contributed by atoms with Gasteiger partial charge in [0.15, 0.2) is 6.10 Å². The number of esters is 1. The molecule has 7 heteroatoms. The summed E-state index contributed by atoms with van der Waals surface area (Å²) >= 11 is 0. The Morgan fingerprint density at radius 2 is 1.59 bits per heavy atom. The third kappa shape index (κ3) is 4.51. The third-order valence-electron chi connectivity index (χ3n) is 4.72. The number of carbonyl (C=O) groups excluding carboxylic acids is 4. The first kappa shape index (κ1) is 20.3. The van der Waals surface area contributed by atoms with E-state index >= 15 is 0 Å². The van der Waals surface area contributed by atoms with Gasteiger partial charge in [-0.2, -0.15) is 0 Å². The van der Waals surface area contributed by atoms with Crippen molar-refractivity contribution >= 4 is 29.4 Å². The van der Waals surface area contributed by atoms with Crippen molar-refractivity contribution in [3.05, 3.63) is 65.2 Å². The van der Waals surface area contributed by atoms with Crippen LogP contribution in [0.1, 0.15) is 46.0 Å². The highest BCUT2D eigenvalue weighted by Crippen LogP contribution is 2.22. The minimum absolute atomic E-state index is 0.00457. The van der Waals surface area contributed by atoms with Gasteiger partial charge in [0.25, 0.3) is 17.7 Å². The zero-order valence-electron chi connectivity index (χ0n) is 16.3. The smallest absolute Gasteiger partial charge is 0.306 e. The maximum absolute atomic E-state index is 12.3. The fourth-order valence-corrected chi connectivity index (χ4v) is 3.08. The second-order valence-electron chi connectivity index (χ2n) is 6.85. The summed E-state index contributed by atoms with van der Waals surface area (Å²) < 4.78 is 5.17. The Balaban J connectivity index is 1.45. The van der Waals surface area contributed by atoms with Crippen LogP contribution in [0.4, 0.5) is 5.69 Å². The normalized spacial score (nSPS) is 13.8. The molecule has 1 aliphatic rings. The Kier molecular flexibility index (Phi) is 6.07. The summed E-state index contributed by atoms with van der Waals surface area (Å²) in [4.78, 5) is 50.0. The number of aryl methyl sites for hydroxylation is 1. The molecule has 0 unspecified atom stereocenters. The molecule has 7 nitrogen and oxygen atoms in total. The molecule has 2 aromatic carbocycles. The summed E-state index contributed by atoms with van der Waals surface area (Å²) in [6.45, 7) is 3.48. The van der Waals surface area contributed by atoms with Crippen LogP contribution >= 0.6 is 0 Å². The molecule has 1 aliphatic heterocycles. The van der Waals surface area contributed by atoms with Crippen LogP contribution in [-0.4, -0.2) is 41.2 Å². The van der Waals surface area contributed by atoms with Crippen molar-refractivity contribution in [3.8, 4) is 0 Å². The summed E-state index contributed by atoms with van der Waals surface area (Å²) in [5.74, 6) is -1.70. The van der Waals surface area contributed by atoms with E-state index in [-0.39, 0.29) is 31.2 Å². The van der Waals surface area contributed by atoms with Crippen molar-refractivity contribution in [1.29, 1.82) is 0 Å². The molecule has 0 radical (unpaired) electrons. The zero-order valence-corrected chi connectivity index (χ0v) is 16.3. The molecular weight excluding hydrogens is 372 g/mol. The van der Waals surface area contributed by atoms with E-state index in [9.17, 15) is 19.2 Å². The predicted molar refractivity (Wildman–Crippen MR) is 106 cm³/mol. The van der Waals surface area contributed by atoms with E-state index in [1.165, 1.54) is 6.92 Å². The second-order valence-corrected chi connectivity index (χ2v) is 6.85. The fraction of sp³-hybridized carbons (Fsp3) is 0.273. The largest absolute Gasteiger partial charge is 0.453 e. The molecular formula is C22H22N2O5. The Bertz CT molecular complexity index is 934. The second kappa shape index (κ2) is 8.68. The van der Waals surface area contributed by atoms with E-state index in [4.69, 9.17) is 4.74 Å². The Hall–Kier alpha value is -3.48. The van der Waals surface area contributed by atoms with Crippen LogP contribution in [0.15, 0.2) is 48.5 Å². The molecule has 1 heterocycles. The number of hydrogen-bond acceptors (Lipinski definition) is 5. The highest BCUT2D eigenvalue weighted by Gasteiger charge is 2.34. The lowest BCUT2D eigenvalue weighted by Crippen LogP contribution is -2.32. The summed E-state index contributed by atoms with van der Waals surface area (Å²) in [6.07, 6.45) is -0.701. The van der Waals surface area contributed by atoms with Gasteiger partial charge in [0.1, 0.15) is 0 Å². The van der Waals surface area contributed by atoms with Crippen LogP contribution < -0.4 is 5.32 Å². The van der Waals surface area contributed by atoms with Gasteiger partial charge >= 0.3 is 5.97 Å². The first-order chi connectivity index (χ1) is 13.9. The lowest BCUT2D eigenvalue weighted by Gasteiger charge is -2.16. The number of para-hydroxylation sites is 1. The van der Waals surface area contributed by atoms with Gasteiger partial charge in [-0.1, -0.05) is 30.3 Å². The Morgan fingerprint density at radius 1 is 1.00 bits per heavy atom. The number of rotatable bonds is 7. The molecule has 3 rings (SSSR count). The zero-order chi connectivity index (χ0) is 21.0. The van der Waals surface area contributed by atoms with E-state index < -0.39 is 18.0 Å². The molecule has 1 N–H and O–H groups in total. The summed E-state index contributed by atoms with van der Waals surface area (Å²) in [5, 5.41) is 2.72. The summed E-state index contributed by atoms with van der Waals surface area (Å²) in [7, 11) is 0. The first-order valence-electron chi connectivity index (χ1n) is 9.39. The van der Waals surface area contributed by atoms with E-state index in [1.54, 1.807) is 36.4 Å². The van der Waals surface area contributed by atoms with Gasteiger partial charge in [-0.3, -0.25) is 24.1 Å². The minimum Gasteiger partial charge on any atom is -0.453 e. The average Bonchev–Trinajstić information content (AvgIpc) is 2.94. The SMILES string of the molecule is Cc1ccccc1NC(=O)[C@@H](C)OC(=O)CCCN1C(=O)c2ccccc2C1=O. The molecule has 2 aromatic rings. The van der Waals surface area contributed by atoms with Crippen molar-refractivity contribution in [1.82, 2.24) is 4.90 Å². The van der Waals surface area contributed by atoms with Crippen molar-refractivity contribution in [2.24, 2.45) is 0 Å². The van der Waals surface area contributed by atoms with Crippen molar-refractivity contribution in [2.75, 3.05) is 11.9 Å². The minimum atomic E-state index is -0.957. The standard InChI is InChI=1S/C22H22N2O5/c1-14-8-3-6-11-18(14)23-20(26)15(2)29-19(25)12-7-13-24-21(27)16-9-4-5-10-17(16)22(24)28/h3-6,8-11,15H,7,12-13H2,1-2H3,(H,23,26)/t15-/m1/s1. The van der Waals surface area contributed by atoms with Crippen LogP contribution in [0.5, 0.6) is 0 Å². The van der Waals surface area contributed by atoms with Gasteiger partial charge in [-0.25, -0.2) is 0 Å². The summed E-state index contributed by atoms with van der Waals surface area (Å²) in [6, 6.07) is 13.9. The summed E-state index contributed by atoms with van der Waals surface area (Å²) in [5.41, 5.74) is 2.31. The van der Waals surface area contributed by atoms with Gasteiger partial charge in [0.2, 0.25) is 0 Å². The molecule has 0 aromatic heterocycles. The van der Waals surface area contributed by atoms with Crippen LogP contribution in [0, 0.1) is 6.92 Å². The number of nitrogens with one attached hydrogen (secondary N) is 1. The van der Waals surface area contributed by atoms with Gasteiger partial charge < -0.3 is 10.1 Å². The van der Waals surface area contributed by atoms with Gasteiger partial charge in [-0.05, 0) is 44.0 Å². The topological polar surface area (TPSA) is 92.8 Å². The number of carbonyl (C=O) groups is 4. The van der Waals surface area contributed by atoms with Crippen molar-refractivity contribution in [2.45, 2.75) is 32.8 Å². The monoisotopic (exact) mass is 394 g/mol.